The fourth-order valence-electron chi connectivity index (χ4n) is 1.72. The molecule has 1 atom stereocenters. The van der Waals surface area contributed by atoms with Gasteiger partial charge in [-0.2, -0.15) is 31.5 Å². The van der Waals surface area contributed by atoms with Gasteiger partial charge in [0.05, 0.1) is 5.69 Å². The number of nitrogens with zero attached hydrogens (tertiary/aromatic N) is 2. The van der Waals surface area contributed by atoms with Gasteiger partial charge in [0.2, 0.25) is 11.7 Å². The molecular weight excluding hydrogens is 359 g/mol. The first-order valence-electron chi connectivity index (χ1n) is 5.89. The van der Waals surface area contributed by atoms with Crippen LogP contribution in [0.4, 0.5) is 45.2 Å². The van der Waals surface area contributed by atoms with Crippen molar-refractivity contribution in [1.82, 2.24) is 0 Å². The zero-order valence-electron chi connectivity index (χ0n) is 11.1. The molecule has 2 rings (SSSR count). The number of allylic oxidation sites excluding steroid dienone is 1. The van der Waals surface area contributed by atoms with Gasteiger partial charge >= 0.3 is 23.6 Å². The average molecular weight is 364 g/mol. The lowest BCUT2D eigenvalue weighted by molar-refractivity contribution is -0.344. The van der Waals surface area contributed by atoms with Crippen molar-refractivity contribution >= 4 is 5.69 Å². The van der Waals surface area contributed by atoms with E-state index < -0.39 is 40.9 Å². The molecule has 0 radical (unpaired) electrons. The monoisotopic (exact) mass is 364 g/mol. The summed E-state index contributed by atoms with van der Waals surface area (Å²) in [6.45, 7) is 0. The normalized spacial score (nSPS) is 28.4. The second-order valence-corrected chi connectivity index (χ2v) is 4.69. The molecule has 12 heteroatoms. The molecule has 1 unspecified atom stereocenters. The fraction of sp³-hybridized carbons (Fsp3) is 0.333. The minimum absolute atomic E-state index is 0.352. The third-order valence-electron chi connectivity index (χ3n) is 3.12. The van der Waals surface area contributed by atoms with E-state index in [-0.39, 0.29) is 5.75 Å². The second-order valence-electron chi connectivity index (χ2n) is 4.69. The Labute approximate surface area is 127 Å². The van der Waals surface area contributed by atoms with E-state index in [2.05, 4.69) is 5.11 Å². The number of azo groups is 1. The van der Waals surface area contributed by atoms with Gasteiger partial charge in [0.1, 0.15) is 5.75 Å². The van der Waals surface area contributed by atoms with Crippen molar-refractivity contribution in [3.05, 3.63) is 35.9 Å². The van der Waals surface area contributed by atoms with Gasteiger partial charge in [0.25, 0.3) is 0 Å². The van der Waals surface area contributed by atoms with Gasteiger partial charge in [-0.05, 0) is 24.3 Å². The lowest BCUT2D eigenvalue weighted by Gasteiger charge is -2.40. The molecule has 1 aromatic carbocycles. The lowest BCUT2D eigenvalue weighted by atomic mass is 9.87. The molecule has 1 aliphatic rings. The van der Waals surface area contributed by atoms with Crippen LogP contribution < -0.4 is 0 Å². The summed E-state index contributed by atoms with van der Waals surface area (Å²) in [5.41, 5.74) is -0.533. The first-order valence-corrected chi connectivity index (χ1v) is 5.89. The van der Waals surface area contributed by atoms with Crippen molar-refractivity contribution in [2.75, 3.05) is 0 Å². The minimum atomic E-state index is -6.61. The molecule has 0 amide bonds. The summed E-state index contributed by atoms with van der Waals surface area (Å²) in [7, 11) is 0. The summed E-state index contributed by atoms with van der Waals surface area (Å²) in [6.07, 6.45) is 0. The predicted octanol–water partition coefficient (Wildman–Crippen LogP) is 5.21. The van der Waals surface area contributed by atoms with Gasteiger partial charge in [-0.3, -0.25) is 0 Å². The first kappa shape index (κ1) is 18.1. The van der Waals surface area contributed by atoms with E-state index in [1.54, 1.807) is 0 Å². The van der Waals surface area contributed by atoms with Crippen LogP contribution in [0.5, 0.6) is 5.75 Å². The summed E-state index contributed by atoms with van der Waals surface area (Å²) >= 11 is 0. The Morgan fingerprint density at radius 3 is 1.75 bits per heavy atom. The number of hydrogen-bond donors (Lipinski definition) is 1. The fourth-order valence-corrected chi connectivity index (χ4v) is 1.72. The molecule has 0 saturated heterocycles. The van der Waals surface area contributed by atoms with Crippen LogP contribution >= 0.6 is 0 Å². The largest absolute Gasteiger partial charge is 0.508 e. The number of rotatable bonds is 2. The van der Waals surface area contributed by atoms with Gasteiger partial charge in [-0.1, -0.05) is 0 Å². The van der Waals surface area contributed by atoms with Crippen LogP contribution in [0.1, 0.15) is 0 Å². The maximum Gasteiger partial charge on any atom is 0.384 e. The van der Waals surface area contributed by atoms with Crippen LogP contribution in [-0.4, -0.2) is 28.7 Å². The first-order chi connectivity index (χ1) is 10.8. The summed E-state index contributed by atoms with van der Waals surface area (Å²) < 4.78 is 120. The van der Waals surface area contributed by atoms with Crippen LogP contribution in [0.25, 0.3) is 0 Å². The van der Waals surface area contributed by atoms with Crippen molar-refractivity contribution in [2.45, 2.75) is 23.6 Å². The summed E-state index contributed by atoms with van der Waals surface area (Å²) in [5, 5.41) is 13.6. The Hall–Kier alpha value is -2.27. The minimum Gasteiger partial charge on any atom is -0.508 e. The molecule has 0 saturated carbocycles. The standard InChI is InChI=1S/C12H5F9N2O/c13-7-8(14)10(17,12(20,21)11(18,19)9(7,15)16)23-22-5-1-3-6(24)4-2-5/h1-4,24H. The highest BCUT2D eigenvalue weighted by Gasteiger charge is 2.87. The molecule has 1 aromatic rings. The smallest absolute Gasteiger partial charge is 0.384 e. The van der Waals surface area contributed by atoms with E-state index in [1.807, 2.05) is 5.11 Å². The summed E-state index contributed by atoms with van der Waals surface area (Å²) in [4.78, 5) is 0. The number of phenolic OH excluding ortho intramolecular Hbond substituents is 1. The zero-order valence-corrected chi connectivity index (χ0v) is 11.1. The highest BCUT2D eigenvalue weighted by molar-refractivity contribution is 5.40. The molecule has 1 N–H and O–H groups in total. The van der Waals surface area contributed by atoms with Crippen molar-refractivity contribution < 1.29 is 44.6 Å². The number of halogens is 9. The van der Waals surface area contributed by atoms with Gasteiger partial charge < -0.3 is 5.11 Å². The maximum atomic E-state index is 14.1. The number of benzene rings is 1. The average Bonchev–Trinajstić information content (AvgIpc) is 2.51. The molecule has 0 fully saturated rings. The van der Waals surface area contributed by atoms with E-state index in [1.165, 1.54) is 0 Å². The molecule has 132 valence electrons. The van der Waals surface area contributed by atoms with Gasteiger partial charge in [0, 0.05) is 0 Å². The molecular formula is C12H5F9N2O. The third-order valence-corrected chi connectivity index (χ3v) is 3.12. The molecule has 0 spiro atoms. The topological polar surface area (TPSA) is 45.0 Å². The molecule has 1 aliphatic carbocycles. The Bertz CT molecular complexity index is 714. The number of hydrogen-bond acceptors (Lipinski definition) is 3. The van der Waals surface area contributed by atoms with Crippen molar-refractivity contribution in [1.29, 1.82) is 0 Å². The van der Waals surface area contributed by atoms with E-state index in [0.717, 1.165) is 24.3 Å². The number of alkyl halides is 7. The van der Waals surface area contributed by atoms with Gasteiger partial charge in [-0.25, -0.2) is 13.2 Å². The SMILES string of the molecule is Oc1ccc(N=NC2(F)C(F)=C(F)C(F)(F)C(F)(F)C2(F)F)cc1. The van der Waals surface area contributed by atoms with Crippen molar-refractivity contribution in [2.24, 2.45) is 10.2 Å². The Morgan fingerprint density at radius 1 is 0.750 bits per heavy atom. The summed E-state index contributed by atoms with van der Waals surface area (Å²) in [5.74, 6) is -32.4. The van der Waals surface area contributed by atoms with Crippen LogP contribution in [0.15, 0.2) is 46.1 Å². The van der Waals surface area contributed by atoms with Gasteiger partial charge in [0.15, 0.2) is 0 Å². The Balaban J connectivity index is 2.61. The quantitative estimate of drug-likeness (QED) is 0.437. The van der Waals surface area contributed by atoms with Gasteiger partial charge in [-0.15, -0.1) is 5.11 Å². The molecule has 0 heterocycles. The van der Waals surface area contributed by atoms with E-state index in [0.29, 0.717) is 0 Å². The van der Waals surface area contributed by atoms with E-state index in [4.69, 9.17) is 5.11 Å². The van der Waals surface area contributed by atoms with Crippen molar-refractivity contribution in [3.63, 3.8) is 0 Å². The Morgan fingerprint density at radius 2 is 1.25 bits per heavy atom. The maximum absolute atomic E-state index is 14.1. The molecule has 24 heavy (non-hydrogen) atoms. The van der Waals surface area contributed by atoms with Crippen LogP contribution in [-0.2, 0) is 0 Å². The lowest BCUT2D eigenvalue weighted by Crippen LogP contribution is -2.67. The summed E-state index contributed by atoms with van der Waals surface area (Å²) in [6, 6.07) is 3.45. The Kier molecular flexibility index (Phi) is 3.85. The third kappa shape index (κ3) is 2.15. The second kappa shape index (κ2) is 5.11. The van der Waals surface area contributed by atoms with E-state index in [9.17, 15) is 39.5 Å². The molecule has 0 aliphatic heterocycles. The highest BCUT2D eigenvalue weighted by atomic mass is 19.4. The molecule has 0 bridgehead atoms. The number of aromatic hydroxyl groups is 1. The van der Waals surface area contributed by atoms with E-state index >= 15 is 0 Å². The van der Waals surface area contributed by atoms with Crippen LogP contribution in [0.3, 0.4) is 0 Å². The molecule has 3 nitrogen and oxygen atoms in total. The predicted molar refractivity (Wildman–Crippen MR) is 60.5 cm³/mol. The zero-order chi connectivity index (χ0) is 18.6. The highest BCUT2D eigenvalue weighted by Crippen LogP contribution is 2.62. The van der Waals surface area contributed by atoms with Crippen LogP contribution in [0.2, 0.25) is 0 Å². The number of phenols is 1. The van der Waals surface area contributed by atoms with Crippen LogP contribution in [0, 0.1) is 0 Å². The molecule has 0 aromatic heterocycles. The van der Waals surface area contributed by atoms with Crippen molar-refractivity contribution in [3.8, 4) is 5.75 Å².